The molecule has 4 rings (SSSR count). The van der Waals surface area contributed by atoms with Crippen molar-refractivity contribution < 1.29 is 73.2 Å². The van der Waals surface area contributed by atoms with E-state index in [0.29, 0.717) is 47.7 Å². The zero-order chi connectivity index (χ0) is 66.8. The maximum Gasteiger partial charge on any atom is 0.326 e. The number of guanidine groups is 1. The number of fused-ring (bicyclic) bond motifs is 1. The van der Waals surface area contributed by atoms with Gasteiger partial charge in [0.2, 0.25) is 53.2 Å². The summed E-state index contributed by atoms with van der Waals surface area (Å²) in [7, 11) is 0. The summed E-state index contributed by atoms with van der Waals surface area (Å²) in [5, 5.41) is 60.9. The summed E-state index contributed by atoms with van der Waals surface area (Å²) in [6, 6.07) is -1.82. The number of carbonyl (C=O) groups is 11. The Hall–Kier alpha value is -8.55. The number of aliphatic imine (C=N–C) groups is 1. The lowest BCUT2D eigenvalue weighted by Crippen LogP contribution is -2.61. The molecule has 0 aliphatic carbocycles. The number of nitrogens with one attached hydrogen (secondary N) is 9. The number of nitrogens with zero attached hydrogens (tertiary/aromatic N) is 2. The van der Waals surface area contributed by atoms with Crippen molar-refractivity contribution in [2.45, 2.75) is 165 Å². The number of aromatic amines is 1. The van der Waals surface area contributed by atoms with Crippen LogP contribution in [-0.4, -0.2) is 194 Å². The van der Waals surface area contributed by atoms with E-state index in [1.54, 1.807) is 30.5 Å². The predicted octanol–water partition coefficient (Wildman–Crippen LogP) is -2.39. The molecule has 3 aromatic rings. The molecule has 31 heteroatoms. The molecule has 1 aromatic heterocycles. The summed E-state index contributed by atoms with van der Waals surface area (Å²) < 4.78 is 0. The van der Waals surface area contributed by atoms with Crippen LogP contribution < -0.4 is 65.5 Å². The van der Waals surface area contributed by atoms with Gasteiger partial charge in [0, 0.05) is 48.8 Å². The zero-order valence-electron chi connectivity index (χ0n) is 51.1. The second kappa shape index (κ2) is 36.8. The first-order chi connectivity index (χ1) is 42.7. The van der Waals surface area contributed by atoms with Crippen LogP contribution in [0.1, 0.15) is 103 Å². The van der Waals surface area contributed by atoms with Gasteiger partial charge in [0.05, 0.1) is 19.1 Å². The van der Waals surface area contributed by atoms with Crippen LogP contribution in [0.4, 0.5) is 0 Å². The number of hydrogen-bond acceptors (Lipinski definition) is 17. The lowest BCUT2D eigenvalue weighted by atomic mass is 10.0. The van der Waals surface area contributed by atoms with E-state index in [2.05, 4.69) is 65.1 Å². The van der Waals surface area contributed by atoms with Crippen LogP contribution in [0.2, 0.25) is 0 Å². The van der Waals surface area contributed by atoms with Crippen LogP contribution in [0.3, 0.4) is 0 Å². The average molecular weight is 1280 g/mol. The summed E-state index contributed by atoms with van der Waals surface area (Å²) in [6.07, 6.45) is 1.59. The molecule has 0 radical (unpaired) electrons. The molecule has 496 valence electrons. The number of aliphatic hydroxyl groups is 1. The van der Waals surface area contributed by atoms with Gasteiger partial charge in [-0.2, -0.15) is 12.6 Å². The number of benzene rings is 2. The fourth-order valence-corrected chi connectivity index (χ4v) is 10.4. The molecular weight excluding hydrogens is 1190 g/mol. The Morgan fingerprint density at radius 3 is 1.80 bits per heavy atom. The minimum atomic E-state index is -1.94. The molecule has 0 saturated carbocycles. The first-order valence-electron chi connectivity index (χ1n) is 29.9. The molecule has 0 spiro atoms. The molecule has 0 bridgehead atoms. The van der Waals surface area contributed by atoms with Crippen LogP contribution in [-0.2, 0) is 65.6 Å². The maximum absolute atomic E-state index is 14.6. The fourth-order valence-electron chi connectivity index (χ4n) is 10.1. The van der Waals surface area contributed by atoms with E-state index in [1.165, 1.54) is 29.2 Å². The fraction of sp³-hybridized carbons (Fsp3) is 0.559. The van der Waals surface area contributed by atoms with Gasteiger partial charge in [0.1, 0.15) is 60.1 Å². The number of aromatic hydroxyl groups is 1. The smallest absolute Gasteiger partial charge is 0.326 e. The van der Waals surface area contributed by atoms with Crippen molar-refractivity contribution in [3.63, 3.8) is 0 Å². The molecule has 10 atom stereocenters. The second-order valence-electron chi connectivity index (χ2n) is 23.0. The van der Waals surface area contributed by atoms with Crippen molar-refractivity contribution in [3.8, 4) is 5.75 Å². The van der Waals surface area contributed by atoms with Crippen LogP contribution >= 0.6 is 12.6 Å². The number of unbranched alkanes of at least 4 members (excludes halogenated alkanes) is 1. The molecule has 0 unspecified atom stereocenters. The largest absolute Gasteiger partial charge is 0.508 e. The normalized spacial score (nSPS) is 16.0. The highest BCUT2D eigenvalue weighted by atomic mass is 32.1. The standard InChI is InChI=1S/C59H89N15O15S/c1-31(2)23-37(61)49(79)72-45(29-75)54(84)71-44(24-32(3)4)57(87)74-22-10-15-47(74)56(86)66-39(13-7-8-20-60)50(80)73-46(30-90)55(85)69-42(26-34-28-65-38-12-6-5-11-36(34)38)52(82)70-43(27-48(77)78)53(83)68-41(25-33-16-18-35(76)19-17-33)51(81)67-40(58(88)89)14-9-21-64-59(62)63/h5-6,11-12,16-19,28,31-32,37,39-47,65,75-76,90H,7-10,13-15,20-27,29-30,60-61H2,1-4H3,(H,66,86)(H,67,81)(H,68,83)(H,69,85)(H,70,82)(H,71,84)(H,72,79)(H,73,80)(H,77,78)(H,88,89)(H4,62,63,64)/t37-,39-,40-,41-,42-,43-,44-,45-,46-,47-/m0/s1. The van der Waals surface area contributed by atoms with E-state index < -0.39 is 139 Å². The molecule has 2 heterocycles. The van der Waals surface area contributed by atoms with E-state index in [4.69, 9.17) is 22.9 Å². The highest BCUT2D eigenvalue weighted by molar-refractivity contribution is 7.80. The number of hydrogen-bond donors (Lipinski definition) is 18. The van der Waals surface area contributed by atoms with Crippen molar-refractivity contribution >= 4 is 94.6 Å². The second-order valence-corrected chi connectivity index (χ2v) is 23.4. The number of carbonyl (C=O) groups excluding carboxylic acids is 9. The summed E-state index contributed by atoms with van der Waals surface area (Å²) >= 11 is 4.35. The zero-order valence-corrected chi connectivity index (χ0v) is 52.0. The van der Waals surface area contributed by atoms with Gasteiger partial charge in [0.25, 0.3) is 0 Å². The number of aromatic nitrogens is 1. The first-order valence-corrected chi connectivity index (χ1v) is 30.5. The molecule has 1 aliphatic rings. The van der Waals surface area contributed by atoms with Gasteiger partial charge >= 0.3 is 11.9 Å². The topological polar surface area (TPSA) is 500 Å². The number of phenolic OH excluding ortho intramolecular Hbond substituents is 1. The minimum absolute atomic E-state index is 0.00833. The van der Waals surface area contributed by atoms with Crippen molar-refractivity contribution in [2.24, 2.45) is 39.8 Å². The Morgan fingerprint density at radius 1 is 0.656 bits per heavy atom. The Morgan fingerprint density at radius 2 is 1.20 bits per heavy atom. The number of para-hydroxylation sites is 1. The lowest BCUT2D eigenvalue weighted by Gasteiger charge is -2.31. The number of carboxylic acids is 2. The molecule has 21 N–H and O–H groups in total. The minimum Gasteiger partial charge on any atom is -0.508 e. The molecule has 90 heavy (non-hydrogen) atoms. The first kappa shape index (κ1) is 73.9. The van der Waals surface area contributed by atoms with Gasteiger partial charge < -0.3 is 95.8 Å². The third-order valence-electron chi connectivity index (χ3n) is 14.7. The number of rotatable bonds is 38. The lowest BCUT2D eigenvalue weighted by molar-refractivity contribution is -0.143. The third-order valence-corrected chi connectivity index (χ3v) is 15.1. The molecule has 30 nitrogen and oxygen atoms in total. The number of likely N-dealkylation sites (tertiary alicyclic amines) is 1. The van der Waals surface area contributed by atoms with Crippen molar-refractivity contribution in [2.75, 3.05) is 32.0 Å². The van der Waals surface area contributed by atoms with Gasteiger partial charge in [-0.25, -0.2) is 4.79 Å². The Labute approximate surface area is 526 Å². The van der Waals surface area contributed by atoms with Crippen molar-refractivity contribution in [1.29, 1.82) is 0 Å². The molecule has 1 fully saturated rings. The number of phenols is 1. The van der Waals surface area contributed by atoms with Crippen LogP contribution in [0.5, 0.6) is 5.75 Å². The van der Waals surface area contributed by atoms with E-state index in [1.807, 2.05) is 27.7 Å². The Bertz CT molecular complexity index is 2980. The SMILES string of the molecule is CC(C)C[C@H](NC(=O)[C@H](CO)NC(=O)[C@@H](N)CC(C)C)C(=O)N1CCC[C@H]1C(=O)N[C@@H](CCCCN)C(=O)N[C@@H](CS)C(=O)N[C@@H](Cc1c[nH]c2ccccc12)C(=O)N[C@@H](CC(=O)O)C(=O)N[C@@H](Cc1ccc(O)cc1)C(=O)N[C@@H](CCCN=C(N)N)C(=O)O. The highest BCUT2D eigenvalue weighted by Gasteiger charge is 2.41. The number of thiol groups is 1. The summed E-state index contributed by atoms with van der Waals surface area (Å²) in [4.78, 5) is 159. The van der Waals surface area contributed by atoms with Gasteiger partial charge in [-0.1, -0.05) is 58.0 Å². The van der Waals surface area contributed by atoms with Crippen LogP contribution in [0, 0.1) is 11.8 Å². The average Bonchev–Trinajstić information content (AvgIpc) is 2.13. The van der Waals surface area contributed by atoms with E-state index in [-0.39, 0.29) is 93.9 Å². The summed E-state index contributed by atoms with van der Waals surface area (Å²) in [5.74, 6) is -11.9. The molecule has 1 aliphatic heterocycles. The number of nitrogens with two attached hydrogens (primary N) is 4. The third kappa shape index (κ3) is 23.8. The van der Waals surface area contributed by atoms with Gasteiger partial charge in [0.15, 0.2) is 5.96 Å². The van der Waals surface area contributed by atoms with E-state index in [0.717, 1.165) is 0 Å². The summed E-state index contributed by atoms with van der Waals surface area (Å²) in [5.41, 5.74) is 24.0. The van der Waals surface area contributed by atoms with Crippen molar-refractivity contribution in [1.82, 2.24) is 52.4 Å². The molecule has 1 saturated heterocycles. The maximum atomic E-state index is 14.6. The number of aliphatic carboxylic acids is 2. The van der Waals surface area contributed by atoms with Crippen LogP contribution in [0.15, 0.2) is 59.7 Å². The monoisotopic (exact) mass is 1280 g/mol. The van der Waals surface area contributed by atoms with Gasteiger partial charge in [-0.05, 0) is 105 Å². The number of aliphatic hydroxyl groups excluding tert-OH is 1. The molecule has 2 aromatic carbocycles. The predicted molar refractivity (Wildman–Crippen MR) is 335 cm³/mol. The quantitative estimate of drug-likeness (QED) is 0.0123. The van der Waals surface area contributed by atoms with E-state index >= 15 is 0 Å². The summed E-state index contributed by atoms with van der Waals surface area (Å²) in [6.45, 7) is 6.91. The van der Waals surface area contributed by atoms with Gasteiger partial charge in [-0.15, -0.1) is 0 Å². The molecule has 9 amide bonds. The van der Waals surface area contributed by atoms with Crippen molar-refractivity contribution in [3.05, 3.63) is 65.9 Å². The van der Waals surface area contributed by atoms with Crippen LogP contribution in [0.25, 0.3) is 10.9 Å². The van der Waals surface area contributed by atoms with Gasteiger partial charge in [-0.3, -0.25) is 52.9 Å². The Kier molecular flexibility index (Phi) is 30.2. The Balaban J connectivity index is 1.59. The number of H-pyrrole nitrogens is 1. The number of amides is 9. The highest BCUT2D eigenvalue weighted by Crippen LogP contribution is 2.23. The van der Waals surface area contributed by atoms with E-state index in [9.17, 15) is 73.2 Å². The number of carboxylic acid groups (broad SMARTS) is 2. The molecular formula is C59H89N15O15S.